The van der Waals surface area contributed by atoms with Crippen LogP contribution < -0.4 is 0 Å². The molecular weight excluding hydrogens is 152 g/mol. The topological polar surface area (TPSA) is 26.3 Å². The van der Waals surface area contributed by atoms with Gasteiger partial charge in [-0.2, -0.15) is 0 Å². The fourth-order valence-electron chi connectivity index (χ4n) is 0.844. The second-order valence-electron chi connectivity index (χ2n) is 2.72. The number of hydrogen-bond donors (Lipinski definition) is 0. The summed E-state index contributed by atoms with van der Waals surface area (Å²) in [5.41, 5.74) is 0.871. The van der Waals surface area contributed by atoms with Crippen LogP contribution in [-0.2, 0) is 9.53 Å². The molecule has 0 fully saturated rings. The van der Waals surface area contributed by atoms with Gasteiger partial charge in [0.25, 0.3) is 0 Å². The minimum atomic E-state index is -0.166. The molecule has 0 saturated carbocycles. The summed E-state index contributed by atoms with van der Waals surface area (Å²) in [6.07, 6.45) is 2.29. The van der Waals surface area contributed by atoms with Crippen LogP contribution in [0, 0.1) is 5.92 Å². The Balaban J connectivity index is 3.85. The van der Waals surface area contributed by atoms with Gasteiger partial charge in [0.15, 0.2) is 0 Å². The van der Waals surface area contributed by atoms with E-state index in [1.165, 1.54) is 0 Å². The van der Waals surface area contributed by atoms with Gasteiger partial charge < -0.3 is 4.74 Å². The lowest BCUT2D eigenvalue weighted by Crippen LogP contribution is -2.14. The van der Waals surface area contributed by atoms with Crippen LogP contribution in [0.2, 0.25) is 0 Å². The van der Waals surface area contributed by atoms with Crippen molar-refractivity contribution in [3.05, 3.63) is 24.8 Å². The Kier molecular flexibility index (Phi) is 5.09. The maximum atomic E-state index is 11.1. The van der Waals surface area contributed by atoms with E-state index >= 15 is 0 Å². The maximum absolute atomic E-state index is 11.1. The lowest BCUT2D eigenvalue weighted by atomic mass is 10.0. The lowest BCUT2D eigenvalue weighted by Gasteiger charge is -2.09. The standard InChI is InChI=1S/C10H16O2/c1-5-8(3)7-9(4)10(11)12-6-2/h5,9H,1,3,6-7H2,2,4H3. The zero-order valence-corrected chi connectivity index (χ0v) is 7.80. The number of allylic oxidation sites excluding steroid dienone is 2. The van der Waals surface area contributed by atoms with Crippen LogP contribution in [0.3, 0.4) is 0 Å². The molecule has 2 nitrogen and oxygen atoms in total. The van der Waals surface area contributed by atoms with E-state index < -0.39 is 0 Å². The molecule has 2 heteroatoms. The summed E-state index contributed by atoms with van der Waals surface area (Å²) in [6.45, 7) is 11.4. The Morgan fingerprint density at radius 1 is 1.67 bits per heavy atom. The highest BCUT2D eigenvalue weighted by molar-refractivity contribution is 5.72. The molecule has 68 valence electrons. The van der Waals surface area contributed by atoms with Crippen LogP contribution in [-0.4, -0.2) is 12.6 Å². The third-order valence-electron chi connectivity index (χ3n) is 1.55. The van der Waals surface area contributed by atoms with Crippen LogP contribution in [0.5, 0.6) is 0 Å². The van der Waals surface area contributed by atoms with Crippen molar-refractivity contribution in [1.29, 1.82) is 0 Å². The summed E-state index contributed by atoms with van der Waals surface area (Å²) in [7, 11) is 0. The second-order valence-corrected chi connectivity index (χ2v) is 2.72. The van der Waals surface area contributed by atoms with Crippen LogP contribution >= 0.6 is 0 Å². The average Bonchev–Trinajstić information content (AvgIpc) is 2.04. The molecule has 0 aliphatic carbocycles. The van der Waals surface area contributed by atoms with Gasteiger partial charge in [-0.25, -0.2) is 0 Å². The van der Waals surface area contributed by atoms with Crippen molar-refractivity contribution in [2.24, 2.45) is 5.92 Å². The first kappa shape index (κ1) is 11.0. The Hall–Kier alpha value is -1.05. The van der Waals surface area contributed by atoms with E-state index in [1.807, 2.05) is 6.92 Å². The maximum Gasteiger partial charge on any atom is 0.308 e. The molecule has 0 spiro atoms. The van der Waals surface area contributed by atoms with Crippen molar-refractivity contribution in [3.8, 4) is 0 Å². The minimum Gasteiger partial charge on any atom is -0.466 e. The fourth-order valence-corrected chi connectivity index (χ4v) is 0.844. The van der Waals surface area contributed by atoms with Gasteiger partial charge in [-0.1, -0.05) is 31.7 Å². The van der Waals surface area contributed by atoms with Crippen molar-refractivity contribution in [2.45, 2.75) is 20.3 Å². The van der Waals surface area contributed by atoms with Crippen LogP contribution in [0.4, 0.5) is 0 Å². The smallest absolute Gasteiger partial charge is 0.308 e. The molecule has 0 N–H and O–H groups in total. The minimum absolute atomic E-state index is 0.115. The summed E-state index contributed by atoms with van der Waals surface area (Å²) in [5, 5.41) is 0. The van der Waals surface area contributed by atoms with Crippen molar-refractivity contribution >= 4 is 5.97 Å². The number of rotatable bonds is 5. The third kappa shape index (κ3) is 3.96. The molecule has 0 amide bonds. The zero-order chi connectivity index (χ0) is 9.56. The zero-order valence-electron chi connectivity index (χ0n) is 7.80. The highest BCUT2D eigenvalue weighted by atomic mass is 16.5. The van der Waals surface area contributed by atoms with E-state index in [4.69, 9.17) is 4.74 Å². The average molecular weight is 168 g/mol. The van der Waals surface area contributed by atoms with Crippen LogP contribution in [0.15, 0.2) is 24.8 Å². The summed E-state index contributed by atoms with van der Waals surface area (Å²) < 4.78 is 4.83. The Morgan fingerprint density at radius 2 is 2.25 bits per heavy atom. The quantitative estimate of drug-likeness (QED) is 0.465. The number of carbonyl (C=O) groups excluding carboxylic acids is 1. The number of ether oxygens (including phenoxy) is 1. The lowest BCUT2D eigenvalue weighted by molar-refractivity contribution is -0.147. The fraction of sp³-hybridized carbons (Fsp3) is 0.500. The third-order valence-corrected chi connectivity index (χ3v) is 1.55. The highest BCUT2D eigenvalue weighted by Gasteiger charge is 2.13. The monoisotopic (exact) mass is 168 g/mol. The van der Waals surface area contributed by atoms with Crippen LogP contribution in [0.25, 0.3) is 0 Å². The van der Waals surface area contributed by atoms with E-state index in [-0.39, 0.29) is 11.9 Å². The molecule has 0 aromatic heterocycles. The van der Waals surface area contributed by atoms with Crippen molar-refractivity contribution in [1.82, 2.24) is 0 Å². The van der Waals surface area contributed by atoms with Gasteiger partial charge in [-0.3, -0.25) is 4.79 Å². The molecule has 0 aliphatic heterocycles. The van der Waals surface area contributed by atoms with Crippen molar-refractivity contribution < 1.29 is 9.53 Å². The van der Waals surface area contributed by atoms with E-state index in [2.05, 4.69) is 13.2 Å². The van der Waals surface area contributed by atoms with Gasteiger partial charge in [-0.05, 0) is 13.3 Å². The summed E-state index contributed by atoms with van der Waals surface area (Å²) in [6, 6.07) is 0. The molecule has 0 bridgehead atoms. The molecule has 0 rings (SSSR count). The van der Waals surface area contributed by atoms with Gasteiger partial charge >= 0.3 is 5.97 Å². The summed E-state index contributed by atoms with van der Waals surface area (Å²) >= 11 is 0. The van der Waals surface area contributed by atoms with Crippen molar-refractivity contribution in [2.75, 3.05) is 6.61 Å². The van der Waals surface area contributed by atoms with E-state index in [1.54, 1.807) is 13.0 Å². The molecule has 12 heavy (non-hydrogen) atoms. The molecule has 1 unspecified atom stereocenters. The van der Waals surface area contributed by atoms with Gasteiger partial charge in [-0.15, -0.1) is 0 Å². The first-order chi connectivity index (χ1) is 5.61. The van der Waals surface area contributed by atoms with E-state index in [0.29, 0.717) is 13.0 Å². The van der Waals surface area contributed by atoms with E-state index in [9.17, 15) is 4.79 Å². The molecule has 0 radical (unpaired) electrons. The molecule has 0 heterocycles. The number of carbonyl (C=O) groups is 1. The normalized spacial score (nSPS) is 11.8. The van der Waals surface area contributed by atoms with Gasteiger partial charge in [0, 0.05) is 0 Å². The molecule has 0 aliphatic rings. The second kappa shape index (κ2) is 5.58. The molecule has 0 aromatic carbocycles. The largest absolute Gasteiger partial charge is 0.466 e. The Morgan fingerprint density at radius 3 is 2.67 bits per heavy atom. The van der Waals surface area contributed by atoms with Crippen molar-refractivity contribution in [3.63, 3.8) is 0 Å². The first-order valence-electron chi connectivity index (χ1n) is 4.08. The molecule has 0 saturated heterocycles. The predicted octanol–water partition coefficient (Wildman–Crippen LogP) is 2.32. The predicted molar refractivity (Wildman–Crippen MR) is 49.8 cm³/mol. The Bertz CT molecular complexity index is 182. The molecular formula is C10H16O2. The summed E-state index contributed by atoms with van der Waals surface area (Å²) in [4.78, 5) is 11.1. The Labute approximate surface area is 73.9 Å². The molecule has 1 atom stereocenters. The van der Waals surface area contributed by atoms with Gasteiger partial charge in [0.2, 0.25) is 0 Å². The van der Waals surface area contributed by atoms with Crippen LogP contribution in [0.1, 0.15) is 20.3 Å². The van der Waals surface area contributed by atoms with E-state index in [0.717, 1.165) is 5.57 Å². The molecule has 0 aromatic rings. The number of esters is 1. The summed E-state index contributed by atoms with van der Waals surface area (Å²) in [5.74, 6) is -0.282. The SMILES string of the molecule is C=CC(=C)CC(C)C(=O)OCC. The van der Waals surface area contributed by atoms with Gasteiger partial charge in [0.1, 0.15) is 0 Å². The first-order valence-corrected chi connectivity index (χ1v) is 4.08. The highest BCUT2D eigenvalue weighted by Crippen LogP contribution is 2.11. The number of hydrogen-bond acceptors (Lipinski definition) is 2. The van der Waals surface area contributed by atoms with Gasteiger partial charge in [0.05, 0.1) is 12.5 Å².